The number of hydrogen-bond donors (Lipinski definition) is 3. The first-order chi connectivity index (χ1) is 14.1. The number of aromatic nitrogens is 2. The van der Waals surface area contributed by atoms with Crippen molar-refractivity contribution < 1.29 is 19.1 Å². The van der Waals surface area contributed by atoms with Crippen LogP contribution in [0.15, 0.2) is 66.9 Å². The maximum Gasteiger partial charge on any atom is 0.335 e. The van der Waals surface area contributed by atoms with Gasteiger partial charge in [-0.15, -0.1) is 0 Å². The van der Waals surface area contributed by atoms with Crippen LogP contribution in [0.25, 0.3) is 17.3 Å². The first-order valence-corrected chi connectivity index (χ1v) is 10.9. The van der Waals surface area contributed by atoms with Crippen molar-refractivity contribution in [1.29, 1.82) is 0 Å². The summed E-state index contributed by atoms with van der Waals surface area (Å²) in [6.07, 6.45) is 4.83. The van der Waals surface area contributed by atoms with Crippen molar-refractivity contribution in [3.63, 3.8) is 0 Å². The van der Waals surface area contributed by atoms with Gasteiger partial charge >= 0.3 is 7.60 Å². The Morgan fingerprint density at radius 2 is 1.73 bits per heavy atom. The van der Waals surface area contributed by atoms with Gasteiger partial charge in [0.25, 0.3) is 0 Å². The highest BCUT2D eigenvalue weighted by Crippen LogP contribution is 2.56. The monoisotopic (exact) mass is 425 g/mol. The van der Waals surface area contributed by atoms with Crippen LogP contribution in [0.1, 0.15) is 25.0 Å². The number of anilines is 1. The lowest BCUT2D eigenvalue weighted by atomic mass is 10.0. The SMILES string of the molecule is Cn1ncc(/C=C/C(=O)Nc2ccc(C(C)(C)P(=O)(O)O)cc2)c1-c1ccccc1. The van der Waals surface area contributed by atoms with Crippen molar-refractivity contribution in [3.8, 4) is 11.3 Å². The zero-order chi connectivity index (χ0) is 21.9. The summed E-state index contributed by atoms with van der Waals surface area (Å²) in [6, 6.07) is 16.2. The van der Waals surface area contributed by atoms with Crippen LogP contribution in [-0.2, 0) is 21.6 Å². The minimum atomic E-state index is -4.31. The van der Waals surface area contributed by atoms with Gasteiger partial charge in [0.2, 0.25) is 5.91 Å². The van der Waals surface area contributed by atoms with Gasteiger partial charge in [-0.05, 0) is 37.6 Å². The van der Waals surface area contributed by atoms with E-state index in [0.717, 1.165) is 16.8 Å². The van der Waals surface area contributed by atoms with Crippen LogP contribution in [-0.4, -0.2) is 25.5 Å². The average molecular weight is 425 g/mol. The minimum absolute atomic E-state index is 0.320. The molecule has 3 aromatic rings. The number of nitrogens with zero attached hydrogens (tertiary/aromatic N) is 2. The summed E-state index contributed by atoms with van der Waals surface area (Å²) in [6.45, 7) is 2.98. The Kier molecular flexibility index (Phi) is 6.08. The fourth-order valence-electron chi connectivity index (χ4n) is 3.01. The molecule has 0 aliphatic rings. The minimum Gasteiger partial charge on any atom is -0.324 e. The van der Waals surface area contributed by atoms with Gasteiger partial charge in [0, 0.05) is 29.9 Å². The summed E-state index contributed by atoms with van der Waals surface area (Å²) >= 11 is 0. The van der Waals surface area contributed by atoms with E-state index < -0.39 is 12.8 Å². The van der Waals surface area contributed by atoms with Gasteiger partial charge in [-0.3, -0.25) is 14.0 Å². The van der Waals surface area contributed by atoms with Crippen molar-refractivity contribution in [2.75, 3.05) is 5.32 Å². The molecule has 3 rings (SSSR count). The van der Waals surface area contributed by atoms with E-state index in [0.29, 0.717) is 11.3 Å². The van der Waals surface area contributed by atoms with E-state index in [1.807, 2.05) is 37.4 Å². The molecule has 0 saturated heterocycles. The largest absolute Gasteiger partial charge is 0.335 e. The molecule has 1 aromatic heterocycles. The van der Waals surface area contributed by atoms with Crippen molar-refractivity contribution in [1.82, 2.24) is 9.78 Å². The van der Waals surface area contributed by atoms with Crippen LogP contribution in [0.4, 0.5) is 5.69 Å². The predicted molar refractivity (Wildman–Crippen MR) is 118 cm³/mol. The summed E-state index contributed by atoms with van der Waals surface area (Å²) in [4.78, 5) is 31.4. The predicted octanol–water partition coefficient (Wildman–Crippen LogP) is 4.15. The lowest BCUT2D eigenvalue weighted by Crippen LogP contribution is -2.17. The molecule has 0 radical (unpaired) electrons. The van der Waals surface area contributed by atoms with Crippen molar-refractivity contribution in [3.05, 3.63) is 78.0 Å². The molecule has 2 aromatic carbocycles. The number of nitrogens with one attached hydrogen (secondary N) is 1. The smallest absolute Gasteiger partial charge is 0.324 e. The normalized spacial score (nSPS) is 12.3. The number of benzene rings is 2. The third-order valence-corrected chi connectivity index (χ3v) is 6.73. The van der Waals surface area contributed by atoms with E-state index in [1.54, 1.807) is 41.2 Å². The standard InChI is InChI=1S/C22H24N3O4P/c1-22(2,30(27,28)29)18-10-12-19(13-11-18)24-20(26)14-9-17-15-23-25(3)21(17)16-7-5-4-6-8-16/h4-15H,1-3H3,(H,24,26)(H2,27,28,29)/b14-9+. The Labute approximate surface area is 175 Å². The lowest BCUT2D eigenvalue weighted by molar-refractivity contribution is -0.111. The molecule has 3 N–H and O–H groups in total. The Hall–Kier alpha value is -2.99. The van der Waals surface area contributed by atoms with Gasteiger partial charge in [0.05, 0.1) is 17.0 Å². The highest BCUT2D eigenvalue weighted by Gasteiger charge is 2.39. The molecular weight excluding hydrogens is 401 g/mol. The first-order valence-electron chi connectivity index (χ1n) is 9.32. The highest BCUT2D eigenvalue weighted by molar-refractivity contribution is 7.53. The van der Waals surface area contributed by atoms with E-state index in [4.69, 9.17) is 0 Å². The van der Waals surface area contributed by atoms with Crippen LogP contribution < -0.4 is 5.32 Å². The molecule has 0 atom stereocenters. The molecular formula is C22H24N3O4P. The van der Waals surface area contributed by atoms with E-state index in [9.17, 15) is 19.1 Å². The van der Waals surface area contributed by atoms with Crippen molar-refractivity contribution in [2.24, 2.45) is 7.05 Å². The van der Waals surface area contributed by atoms with Gasteiger partial charge < -0.3 is 15.1 Å². The van der Waals surface area contributed by atoms with Crippen molar-refractivity contribution in [2.45, 2.75) is 19.0 Å². The second-order valence-electron chi connectivity index (χ2n) is 7.44. The zero-order valence-corrected chi connectivity index (χ0v) is 17.9. The highest BCUT2D eigenvalue weighted by atomic mass is 31.2. The zero-order valence-electron chi connectivity index (χ0n) is 17.0. The molecule has 1 heterocycles. The molecule has 156 valence electrons. The molecule has 0 spiro atoms. The second kappa shape index (κ2) is 8.40. The molecule has 0 fully saturated rings. The first kappa shape index (κ1) is 21.7. The summed E-state index contributed by atoms with van der Waals surface area (Å²) in [5, 5.41) is 5.72. The van der Waals surface area contributed by atoms with Gasteiger partial charge in [0.1, 0.15) is 0 Å². The molecule has 0 unspecified atom stereocenters. The van der Waals surface area contributed by atoms with Gasteiger partial charge in [0.15, 0.2) is 0 Å². The fraction of sp³-hybridized carbons (Fsp3) is 0.182. The average Bonchev–Trinajstić information content (AvgIpc) is 3.07. The molecule has 30 heavy (non-hydrogen) atoms. The summed E-state index contributed by atoms with van der Waals surface area (Å²) < 4.78 is 13.4. The Bertz CT molecular complexity index is 1110. The Morgan fingerprint density at radius 3 is 2.33 bits per heavy atom. The third-order valence-electron chi connectivity index (χ3n) is 5.02. The number of carbonyl (C=O) groups excluding carboxylic acids is 1. The molecule has 7 nitrogen and oxygen atoms in total. The van der Waals surface area contributed by atoms with Crippen LogP contribution in [0.3, 0.4) is 0 Å². The molecule has 0 bridgehead atoms. The quantitative estimate of drug-likeness (QED) is 0.407. The van der Waals surface area contributed by atoms with Gasteiger partial charge in [-0.25, -0.2) is 0 Å². The number of aryl methyl sites for hydroxylation is 1. The van der Waals surface area contributed by atoms with E-state index in [2.05, 4.69) is 10.4 Å². The summed E-state index contributed by atoms with van der Waals surface area (Å²) in [5.74, 6) is -0.320. The Balaban J connectivity index is 1.73. The third kappa shape index (κ3) is 4.60. The molecule has 8 heteroatoms. The number of rotatable bonds is 6. The van der Waals surface area contributed by atoms with Crippen LogP contribution >= 0.6 is 7.60 Å². The molecule has 0 aliphatic heterocycles. The fourth-order valence-corrected chi connectivity index (χ4v) is 3.49. The van der Waals surface area contributed by atoms with Crippen LogP contribution in [0, 0.1) is 0 Å². The topological polar surface area (TPSA) is 104 Å². The van der Waals surface area contributed by atoms with E-state index in [1.165, 1.54) is 19.9 Å². The number of hydrogen-bond acceptors (Lipinski definition) is 3. The Morgan fingerprint density at radius 1 is 1.10 bits per heavy atom. The van der Waals surface area contributed by atoms with Gasteiger partial charge in [-0.2, -0.15) is 5.10 Å². The lowest BCUT2D eigenvalue weighted by Gasteiger charge is -2.26. The molecule has 0 saturated carbocycles. The maximum atomic E-state index is 12.3. The van der Waals surface area contributed by atoms with Crippen LogP contribution in [0.5, 0.6) is 0 Å². The summed E-state index contributed by atoms with van der Waals surface area (Å²) in [5.41, 5.74) is 3.75. The number of amides is 1. The summed E-state index contributed by atoms with van der Waals surface area (Å²) in [7, 11) is -2.46. The molecule has 0 aliphatic carbocycles. The van der Waals surface area contributed by atoms with Crippen LogP contribution in [0.2, 0.25) is 0 Å². The second-order valence-corrected chi connectivity index (χ2v) is 9.65. The maximum absolute atomic E-state index is 12.3. The van der Waals surface area contributed by atoms with Gasteiger partial charge in [-0.1, -0.05) is 42.5 Å². The van der Waals surface area contributed by atoms with E-state index in [-0.39, 0.29) is 5.91 Å². The number of carbonyl (C=O) groups is 1. The molecule has 1 amide bonds. The van der Waals surface area contributed by atoms with E-state index >= 15 is 0 Å². The van der Waals surface area contributed by atoms with Crippen molar-refractivity contribution >= 4 is 25.3 Å².